The number of Topliss-reactive ketones (excluding diaryl/α,β-unsaturated/α-hetero) is 1. The standard InChI is InChI=1S/C25H22N2O3/c1-16(28)27-21-11-6-5-10-19(21)26-20-14-18(23-12-7-13-30-23)15-22(29)24(20)25(27)17-8-3-2-4-9-17/h2-13,18,25-26H,14-15H2,1H3/t18-,25-/m1/s1. The Hall–Kier alpha value is -3.60. The van der Waals surface area contributed by atoms with Crippen molar-refractivity contribution in [2.75, 3.05) is 10.2 Å². The summed E-state index contributed by atoms with van der Waals surface area (Å²) >= 11 is 0. The molecule has 2 heterocycles. The summed E-state index contributed by atoms with van der Waals surface area (Å²) in [5.41, 5.74) is 4.04. The van der Waals surface area contributed by atoms with Crippen LogP contribution in [0.2, 0.25) is 0 Å². The number of rotatable bonds is 2. The van der Waals surface area contributed by atoms with Crippen LogP contribution < -0.4 is 10.2 Å². The minimum Gasteiger partial charge on any atom is -0.469 e. The maximum atomic E-state index is 13.5. The summed E-state index contributed by atoms with van der Waals surface area (Å²) in [7, 11) is 0. The van der Waals surface area contributed by atoms with Gasteiger partial charge in [0.2, 0.25) is 5.91 Å². The topological polar surface area (TPSA) is 62.6 Å². The molecule has 1 aliphatic carbocycles. The van der Waals surface area contributed by atoms with Crippen molar-refractivity contribution in [3.05, 3.63) is 95.6 Å². The van der Waals surface area contributed by atoms with E-state index in [1.165, 1.54) is 0 Å². The highest BCUT2D eigenvalue weighted by atomic mass is 16.3. The first-order valence-electron chi connectivity index (χ1n) is 10.1. The van der Waals surface area contributed by atoms with Crippen molar-refractivity contribution in [3.8, 4) is 0 Å². The number of nitrogens with zero attached hydrogens (tertiary/aromatic N) is 1. The second-order valence-corrected chi connectivity index (χ2v) is 7.78. The predicted molar refractivity (Wildman–Crippen MR) is 115 cm³/mol. The number of hydrogen-bond acceptors (Lipinski definition) is 4. The molecule has 1 aliphatic heterocycles. The van der Waals surface area contributed by atoms with E-state index in [4.69, 9.17) is 4.42 Å². The number of furan rings is 1. The fourth-order valence-electron chi connectivity index (χ4n) is 4.61. The Bertz CT molecular complexity index is 1130. The van der Waals surface area contributed by atoms with E-state index in [0.29, 0.717) is 18.4 Å². The van der Waals surface area contributed by atoms with Crippen molar-refractivity contribution >= 4 is 23.1 Å². The van der Waals surface area contributed by atoms with Gasteiger partial charge in [-0.2, -0.15) is 0 Å². The number of benzene rings is 2. The number of hydrogen-bond donors (Lipinski definition) is 1. The van der Waals surface area contributed by atoms with Crippen LogP contribution in [0.3, 0.4) is 0 Å². The highest BCUT2D eigenvalue weighted by molar-refractivity contribution is 6.05. The largest absolute Gasteiger partial charge is 0.469 e. The van der Waals surface area contributed by atoms with Gasteiger partial charge in [0, 0.05) is 30.5 Å². The van der Waals surface area contributed by atoms with Crippen molar-refractivity contribution in [2.45, 2.75) is 31.7 Å². The normalized spacial score (nSPS) is 20.8. The van der Waals surface area contributed by atoms with E-state index in [9.17, 15) is 9.59 Å². The van der Waals surface area contributed by atoms with E-state index < -0.39 is 6.04 Å². The molecule has 150 valence electrons. The van der Waals surface area contributed by atoms with Gasteiger partial charge in [-0.3, -0.25) is 14.5 Å². The Morgan fingerprint density at radius 2 is 1.77 bits per heavy atom. The van der Waals surface area contributed by atoms with E-state index in [0.717, 1.165) is 28.4 Å². The van der Waals surface area contributed by atoms with Crippen molar-refractivity contribution in [3.63, 3.8) is 0 Å². The van der Waals surface area contributed by atoms with Gasteiger partial charge < -0.3 is 9.73 Å². The van der Waals surface area contributed by atoms with E-state index in [2.05, 4.69) is 5.32 Å². The number of nitrogens with one attached hydrogen (secondary N) is 1. The SMILES string of the molecule is CC(=O)N1c2ccccc2NC2=C(C(=O)C[C@H](c3ccco3)C2)[C@H]1c1ccccc1. The highest BCUT2D eigenvalue weighted by Crippen LogP contribution is 2.47. The van der Waals surface area contributed by atoms with E-state index in [1.807, 2.05) is 66.7 Å². The Kier molecular flexibility index (Phi) is 4.51. The lowest BCUT2D eigenvalue weighted by atomic mass is 9.80. The fraction of sp³-hybridized carbons (Fsp3) is 0.200. The van der Waals surface area contributed by atoms with Gasteiger partial charge in [0.15, 0.2) is 5.78 Å². The number of carbonyl (C=O) groups excluding carboxylic acids is 2. The summed E-state index contributed by atoms with van der Waals surface area (Å²) in [4.78, 5) is 28.1. The Morgan fingerprint density at radius 1 is 1.00 bits per heavy atom. The lowest BCUT2D eigenvalue weighted by molar-refractivity contribution is -0.117. The third-order valence-electron chi connectivity index (χ3n) is 5.89. The van der Waals surface area contributed by atoms with E-state index >= 15 is 0 Å². The molecule has 0 radical (unpaired) electrons. The van der Waals surface area contributed by atoms with Gasteiger partial charge in [-0.25, -0.2) is 0 Å². The molecule has 2 atom stereocenters. The maximum Gasteiger partial charge on any atom is 0.224 e. The average Bonchev–Trinajstić information content (AvgIpc) is 3.24. The summed E-state index contributed by atoms with van der Waals surface area (Å²) in [5.74, 6) is 0.728. The first-order chi connectivity index (χ1) is 14.6. The minimum absolute atomic E-state index is 0.0220. The summed E-state index contributed by atoms with van der Waals surface area (Å²) in [6.07, 6.45) is 2.65. The quantitative estimate of drug-likeness (QED) is 0.644. The zero-order chi connectivity index (χ0) is 20.7. The Balaban J connectivity index is 1.72. The number of anilines is 2. The van der Waals surface area contributed by atoms with Crippen LogP contribution in [0.5, 0.6) is 0 Å². The van der Waals surface area contributed by atoms with Crippen molar-refractivity contribution in [1.82, 2.24) is 0 Å². The van der Waals surface area contributed by atoms with Gasteiger partial charge in [-0.05, 0) is 36.2 Å². The van der Waals surface area contributed by atoms with Crippen molar-refractivity contribution in [1.29, 1.82) is 0 Å². The average molecular weight is 398 g/mol. The molecule has 2 aromatic carbocycles. The third kappa shape index (κ3) is 3.03. The number of amides is 1. The van der Waals surface area contributed by atoms with Crippen LogP contribution in [0, 0.1) is 0 Å². The number of allylic oxidation sites excluding steroid dienone is 1. The van der Waals surface area contributed by atoms with E-state index in [1.54, 1.807) is 18.1 Å². The van der Waals surface area contributed by atoms with Crippen molar-refractivity contribution in [2.24, 2.45) is 0 Å². The molecule has 5 rings (SSSR count). The number of ketones is 1. The molecular formula is C25H22N2O3. The minimum atomic E-state index is -0.472. The monoisotopic (exact) mass is 398 g/mol. The molecule has 5 heteroatoms. The lowest BCUT2D eigenvalue weighted by Crippen LogP contribution is -2.37. The predicted octanol–water partition coefficient (Wildman–Crippen LogP) is 5.20. The van der Waals surface area contributed by atoms with Crippen LogP contribution >= 0.6 is 0 Å². The molecule has 0 saturated carbocycles. The Morgan fingerprint density at radius 3 is 2.50 bits per heavy atom. The molecule has 0 saturated heterocycles. The fourth-order valence-corrected chi connectivity index (χ4v) is 4.61. The summed E-state index contributed by atoms with van der Waals surface area (Å²) in [6, 6.07) is 20.8. The zero-order valence-corrected chi connectivity index (χ0v) is 16.7. The zero-order valence-electron chi connectivity index (χ0n) is 16.7. The summed E-state index contributed by atoms with van der Waals surface area (Å²) in [5, 5.41) is 3.49. The summed E-state index contributed by atoms with van der Waals surface area (Å²) in [6.45, 7) is 1.55. The first-order valence-corrected chi connectivity index (χ1v) is 10.1. The van der Waals surface area contributed by atoms with Gasteiger partial charge in [0.25, 0.3) is 0 Å². The van der Waals surface area contributed by atoms with Crippen LogP contribution in [-0.2, 0) is 9.59 Å². The number of para-hydroxylation sites is 2. The molecule has 3 aromatic rings. The third-order valence-corrected chi connectivity index (χ3v) is 5.89. The molecule has 0 fully saturated rings. The van der Waals surface area contributed by atoms with Gasteiger partial charge >= 0.3 is 0 Å². The van der Waals surface area contributed by atoms with Crippen LogP contribution in [-0.4, -0.2) is 11.7 Å². The highest BCUT2D eigenvalue weighted by Gasteiger charge is 2.41. The van der Waals surface area contributed by atoms with Crippen LogP contribution in [0.4, 0.5) is 11.4 Å². The molecule has 1 N–H and O–H groups in total. The lowest BCUT2D eigenvalue weighted by Gasteiger charge is -2.34. The van der Waals surface area contributed by atoms with Gasteiger partial charge in [-0.1, -0.05) is 42.5 Å². The van der Waals surface area contributed by atoms with Crippen LogP contribution in [0.15, 0.2) is 88.7 Å². The van der Waals surface area contributed by atoms with Crippen molar-refractivity contribution < 1.29 is 14.0 Å². The number of fused-ring (bicyclic) bond motifs is 1. The molecule has 1 aromatic heterocycles. The molecular weight excluding hydrogens is 376 g/mol. The second kappa shape index (κ2) is 7.34. The molecule has 1 amide bonds. The molecule has 30 heavy (non-hydrogen) atoms. The Labute approximate surface area is 175 Å². The smallest absolute Gasteiger partial charge is 0.224 e. The number of carbonyl (C=O) groups is 2. The van der Waals surface area contributed by atoms with Crippen LogP contribution in [0.25, 0.3) is 0 Å². The first kappa shape index (κ1) is 18.4. The molecule has 0 unspecified atom stereocenters. The van der Waals surface area contributed by atoms with Gasteiger partial charge in [0.05, 0.1) is 23.7 Å². The van der Waals surface area contributed by atoms with Gasteiger partial charge in [0.1, 0.15) is 5.76 Å². The molecule has 0 spiro atoms. The van der Waals surface area contributed by atoms with Crippen LogP contribution in [0.1, 0.15) is 43.0 Å². The summed E-state index contributed by atoms with van der Waals surface area (Å²) < 4.78 is 5.61. The molecule has 5 nitrogen and oxygen atoms in total. The molecule has 0 bridgehead atoms. The molecule has 2 aliphatic rings. The second-order valence-electron chi connectivity index (χ2n) is 7.78. The van der Waals surface area contributed by atoms with Gasteiger partial charge in [-0.15, -0.1) is 0 Å². The van der Waals surface area contributed by atoms with E-state index in [-0.39, 0.29) is 17.6 Å². The maximum absolute atomic E-state index is 13.5.